The second-order valence-electron chi connectivity index (χ2n) is 6.13. The van der Waals surface area contributed by atoms with Gasteiger partial charge in [-0.2, -0.15) is 16.9 Å². The van der Waals surface area contributed by atoms with Gasteiger partial charge in [0.05, 0.1) is 24.4 Å². The van der Waals surface area contributed by atoms with Crippen molar-refractivity contribution in [1.29, 1.82) is 0 Å². The van der Waals surface area contributed by atoms with Crippen molar-refractivity contribution in [1.82, 2.24) is 14.7 Å². The molecule has 0 aliphatic carbocycles. The van der Waals surface area contributed by atoms with E-state index < -0.39 is 0 Å². The monoisotopic (exact) mass is 346 g/mol. The molecule has 2 amide bonds. The number of carbonyl (C=O) groups is 2. The fourth-order valence-corrected chi connectivity index (χ4v) is 4.24. The quantitative estimate of drug-likeness (QED) is 0.912. The van der Waals surface area contributed by atoms with Gasteiger partial charge in [0, 0.05) is 37.1 Å². The Kier molecular flexibility index (Phi) is 3.84. The summed E-state index contributed by atoms with van der Waals surface area (Å²) in [5.74, 6) is 2.77. The highest BCUT2D eigenvalue weighted by molar-refractivity contribution is 7.98. The van der Waals surface area contributed by atoms with Gasteiger partial charge in [-0.3, -0.25) is 14.3 Å². The van der Waals surface area contributed by atoms with E-state index in [0.29, 0.717) is 13.1 Å². The van der Waals surface area contributed by atoms with Crippen molar-refractivity contribution in [2.45, 2.75) is 24.5 Å². The Morgan fingerprint density at radius 3 is 3.17 bits per heavy atom. The van der Waals surface area contributed by atoms with E-state index in [-0.39, 0.29) is 24.2 Å². The van der Waals surface area contributed by atoms with Gasteiger partial charge in [-0.25, -0.2) is 0 Å². The van der Waals surface area contributed by atoms with Crippen LogP contribution in [0, 0.1) is 5.92 Å². The lowest BCUT2D eigenvalue weighted by Crippen LogP contribution is -2.28. The average molecular weight is 346 g/mol. The van der Waals surface area contributed by atoms with Crippen molar-refractivity contribution < 1.29 is 14.0 Å². The molecule has 126 valence electrons. The van der Waals surface area contributed by atoms with Crippen LogP contribution in [0.4, 0.5) is 5.82 Å². The molecule has 2 aliphatic heterocycles. The second kappa shape index (κ2) is 6.01. The summed E-state index contributed by atoms with van der Waals surface area (Å²) in [6.45, 7) is 0.827. The Balaban J connectivity index is 1.43. The number of nitrogens with one attached hydrogen (secondary N) is 1. The minimum Gasteiger partial charge on any atom is -0.467 e. The molecule has 2 aromatic rings. The molecule has 1 fully saturated rings. The number of aryl methyl sites for hydroxylation is 1. The van der Waals surface area contributed by atoms with Crippen molar-refractivity contribution >= 4 is 29.4 Å². The molecule has 8 heteroatoms. The Labute approximate surface area is 143 Å². The first-order valence-electron chi connectivity index (χ1n) is 7.85. The third kappa shape index (κ3) is 2.71. The average Bonchev–Trinajstić information content (AvgIpc) is 3.30. The van der Waals surface area contributed by atoms with Crippen LogP contribution in [-0.2, 0) is 34.7 Å². The van der Waals surface area contributed by atoms with Gasteiger partial charge in [0.1, 0.15) is 11.6 Å². The van der Waals surface area contributed by atoms with Gasteiger partial charge < -0.3 is 14.6 Å². The molecule has 0 saturated carbocycles. The predicted molar refractivity (Wildman–Crippen MR) is 89.1 cm³/mol. The maximum atomic E-state index is 12.6. The normalized spacial score (nSPS) is 19.8. The highest BCUT2D eigenvalue weighted by Crippen LogP contribution is 2.34. The van der Waals surface area contributed by atoms with Gasteiger partial charge in [0.15, 0.2) is 0 Å². The van der Waals surface area contributed by atoms with Crippen LogP contribution in [0.1, 0.15) is 23.4 Å². The topological polar surface area (TPSA) is 80.4 Å². The van der Waals surface area contributed by atoms with Crippen LogP contribution in [0.5, 0.6) is 0 Å². The van der Waals surface area contributed by atoms with Gasteiger partial charge in [-0.05, 0) is 12.1 Å². The Bertz CT molecular complexity index is 784. The number of nitrogens with zero attached hydrogens (tertiary/aromatic N) is 3. The second-order valence-corrected chi connectivity index (χ2v) is 7.12. The van der Waals surface area contributed by atoms with Crippen molar-refractivity contribution in [2.24, 2.45) is 13.0 Å². The number of aromatic nitrogens is 2. The lowest BCUT2D eigenvalue weighted by Gasteiger charge is -2.15. The lowest BCUT2D eigenvalue weighted by molar-refractivity contribution is -0.128. The molecule has 4 rings (SSSR count). The number of hydrogen-bond acceptors (Lipinski definition) is 5. The first-order chi connectivity index (χ1) is 11.6. The van der Waals surface area contributed by atoms with E-state index in [0.717, 1.165) is 34.3 Å². The van der Waals surface area contributed by atoms with E-state index in [1.165, 1.54) is 0 Å². The number of amides is 2. The van der Waals surface area contributed by atoms with Crippen LogP contribution in [0.15, 0.2) is 22.8 Å². The van der Waals surface area contributed by atoms with E-state index in [9.17, 15) is 9.59 Å². The van der Waals surface area contributed by atoms with Gasteiger partial charge in [-0.1, -0.05) is 0 Å². The number of thioether (sulfide) groups is 1. The molecule has 2 aliphatic rings. The third-order valence-electron chi connectivity index (χ3n) is 4.47. The van der Waals surface area contributed by atoms with E-state index in [1.54, 1.807) is 33.7 Å². The summed E-state index contributed by atoms with van der Waals surface area (Å²) in [5, 5.41) is 7.42. The molecule has 0 unspecified atom stereocenters. The van der Waals surface area contributed by atoms with Crippen LogP contribution >= 0.6 is 11.8 Å². The number of carbonyl (C=O) groups excluding carboxylic acids is 2. The minimum absolute atomic E-state index is 0.0164. The van der Waals surface area contributed by atoms with Crippen LogP contribution in [0.3, 0.4) is 0 Å². The zero-order valence-electron chi connectivity index (χ0n) is 13.3. The first-order valence-corrected chi connectivity index (χ1v) is 9.01. The van der Waals surface area contributed by atoms with E-state index in [2.05, 4.69) is 10.4 Å². The summed E-state index contributed by atoms with van der Waals surface area (Å²) in [7, 11) is 1.83. The Hall–Kier alpha value is -2.22. The van der Waals surface area contributed by atoms with Gasteiger partial charge >= 0.3 is 0 Å². The molecule has 0 radical (unpaired) electrons. The molecule has 0 spiro atoms. The zero-order chi connectivity index (χ0) is 16.7. The van der Waals surface area contributed by atoms with Crippen molar-refractivity contribution in [3.63, 3.8) is 0 Å². The van der Waals surface area contributed by atoms with Crippen LogP contribution in [0.2, 0.25) is 0 Å². The highest BCUT2D eigenvalue weighted by Gasteiger charge is 2.35. The molecule has 1 atom stereocenters. The van der Waals surface area contributed by atoms with Crippen LogP contribution < -0.4 is 5.32 Å². The summed E-state index contributed by atoms with van der Waals surface area (Å²) in [6, 6.07) is 3.62. The van der Waals surface area contributed by atoms with Crippen molar-refractivity contribution in [3.05, 3.63) is 35.4 Å². The maximum Gasteiger partial charge on any atom is 0.230 e. The summed E-state index contributed by atoms with van der Waals surface area (Å²) in [4.78, 5) is 26.4. The van der Waals surface area contributed by atoms with E-state index in [4.69, 9.17) is 4.42 Å². The minimum atomic E-state index is -0.341. The molecule has 0 aromatic carbocycles. The van der Waals surface area contributed by atoms with Crippen molar-refractivity contribution in [2.75, 3.05) is 11.9 Å². The molecule has 2 aromatic heterocycles. The summed E-state index contributed by atoms with van der Waals surface area (Å²) in [6.07, 6.45) is 1.82. The fourth-order valence-electron chi connectivity index (χ4n) is 3.21. The van der Waals surface area contributed by atoms with Gasteiger partial charge in [0.25, 0.3) is 0 Å². The lowest BCUT2D eigenvalue weighted by atomic mass is 10.1. The first kappa shape index (κ1) is 15.3. The van der Waals surface area contributed by atoms with Gasteiger partial charge in [-0.15, -0.1) is 0 Å². The number of likely N-dealkylation sites (tertiary alicyclic amines) is 1. The number of anilines is 1. The molecular formula is C16H18N4O3S. The van der Waals surface area contributed by atoms with Crippen LogP contribution in [0.25, 0.3) is 0 Å². The fraction of sp³-hybridized carbons (Fsp3) is 0.438. The number of furan rings is 1. The summed E-state index contributed by atoms with van der Waals surface area (Å²) >= 11 is 1.79. The third-order valence-corrected chi connectivity index (χ3v) is 5.44. The standard InChI is InChI=1S/C16H18N4O3S/c1-19-15(12-8-24-9-13(12)18-19)17-16(22)10-5-14(21)20(6-10)7-11-3-2-4-23-11/h2-4,10H,5-9H2,1H3,(H,17,22)/t10-/m0/s1. The molecule has 1 saturated heterocycles. The largest absolute Gasteiger partial charge is 0.467 e. The number of fused-ring (bicyclic) bond motifs is 1. The molecule has 0 bridgehead atoms. The maximum absolute atomic E-state index is 12.6. The Morgan fingerprint density at radius 2 is 2.38 bits per heavy atom. The predicted octanol–water partition coefficient (Wildman–Crippen LogP) is 1.75. The molecule has 4 heterocycles. The van der Waals surface area contributed by atoms with Crippen LogP contribution in [-0.4, -0.2) is 33.0 Å². The highest BCUT2D eigenvalue weighted by atomic mass is 32.2. The molecular weight excluding hydrogens is 328 g/mol. The van der Waals surface area contributed by atoms with E-state index in [1.807, 2.05) is 13.1 Å². The van der Waals surface area contributed by atoms with Gasteiger partial charge in [0.2, 0.25) is 11.8 Å². The molecule has 24 heavy (non-hydrogen) atoms. The smallest absolute Gasteiger partial charge is 0.230 e. The SMILES string of the molecule is Cn1nc2c(c1NC(=O)[C@H]1CC(=O)N(Cc3ccco3)C1)CSC2. The molecule has 1 N–H and O–H groups in total. The zero-order valence-corrected chi connectivity index (χ0v) is 14.1. The number of hydrogen-bond donors (Lipinski definition) is 1. The number of rotatable bonds is 4. The van der Waals surface area contributed by atoms with E-state index >= 15 is 0 Å². The van der Waals surface area contributed by atoms with Crippen molar-refractivity contribution in [3.8, 4) is 0 Å². The summed E-state index contributed by atoms with van der Waals surface area (Å²) < 4.78 is 7.00. The Morgan fingerprint density at radius 1 is 1.50 bits per heavy atom. The molecule has 7 nitrogen and oxygen atoms in total. The summed E-state index contributed by atoms with van der Waals surface area (Å²) in [5.41, 5.74) is 2.15.